The molecule has 0 fully saturated rings. The molecule has 1 amide bonds. The molecule has 0 radical (unpaired) electrons. The minimum atomic E-state index is -3.79. The molecule has 0 atom stereocenters. The molecular weight excluding hydrogens is 373 g/mol. The number of nitrogens with zero attached hydrogens (tertiary/aromatic N) is 1. The fourth-order valence-corrected chi connectivity index (χ4v) is 2.86. The van der Waals surface area contributed by atoms with Gasteiger partial charge in [0.1, 0.15) is 0 Å². The summed E-state index contributed by atoms with van der Waals surface area (Å²) in [6.45, 7) is -0.442. The Balaban J connectivity index is 1.86. The second-order valence-corrected chi connectivity index (χ2v) is 7.26. The lowest BCUT2D eigenvalue weighted by atomic mass is 10.2. The van der Waals surface area contributed by atoms with E-state index in [1.807, 2.05) is 0 Å². The van der Waals surface area contributed by atoms with Crippen molar-refractivity contribution in [3.8, 4) is 0 Å². The molecule has 0 aliphatic heterocycles. The predicted molar refractivity (Wildman–Crippen MR) is 93.8 cm³/mol. The van der Waals surface area contributed by atoms with E-state index in [0.29, 0.717) is 10.0 Å². The van der Waals surface area contributed by atoms with Gasteiger partial charge in [0.2, 0.25) is 10.0 Å². The highest BCUT2D eigenvalue weighted by Crippen LogP contribution is 2.13. The minimum Gasteiger partial charge on any atom is -0.272 e. The number of benzene rings is 2. The number of carbonyl (C=O) groups is 1. The number of sulfonamides is 1. The number of amides is 1. The summed E-state index contributed by atoms with van der Waals surface area (Å²) in [6.07, 6.45) is 1.42. The number of halogens is 2. The molecule has 0 aliphatic rings. The van der Waals surface area contributed by atoms with Gasteiger partial charge in [0, 0.05) is 10.0 Å². The molecule has 9 heteroatoms. The SMILES string of the molecule is O=C(CNS(=O)(=O)c1ccc(Cl)cc1)N/N=C/c1ccc(Cl)cc1. The first kappa shape index (κ1) is 18.4. The van der Waals surface area contributed by atoms with Crippen molar-refractivity contribution in [1.82, 2.24) is 10.1 Å². The Labute approximate surface area is 149 Å². The lowest BCUT2D eigenvalue weighted by Crippen LogP contribution is -2.34. The Morgan fingerprint density at radius 2 is 1.54 bits per heavy atom. The first-order valence-corrected chi connectivity index (χ1v) is 8.93. The molecule has 0 bridgehead atoms. The highest BCUT2D eigenvalue weighted by Gasteiger charge is 2.14. The van der Waals surface area contributed by atoms with E-state index >= 15 is 0 Å². The third kappa shape index (κ3) is 5.61. The van der Waals surface area contributed by atoms with Crippen molar-refractivity contribution in [2.24, 2.45) is 5.10 Å². The quantitative estimate of drug-likeness (QED) is 0.591. The van der Waals surface area contributed by atoms with Gasteiger partial charge in [-0.3, -0.25) is 4.79 Å². The van der Waals surface area contributed by atoms with Gasteiger partial charge in [0.05, 0.1) is 17.7 Å². The van der Waals surface area contributed by atoms with E-state index in [1.54, 1.807) is 24.3 Å². The maximum absolute atomic E-state index is 12.0. The van der Waals surface area contributed by atoms with Gasteiger partial charge in [-0.2, -0.15) is 5.10 Å². The highest BCUT2D eigenvalue weighted by molar-refractivity contribution is 7.89. The van der Waals surface area contributed by atoms with Crippen LogP contribution in [0.15, 0.2) is 58.5 Å². The Hall–Kier alpha value is -1.93. The number of hydrogen-bond donors (Lipinski definition) is 2. The van der Waals surface area contributed by atoms with Crippen LogP contribution in [-0.4, -0.2) is 27.1 Å². The molecule has 0 saturated heterocycles. The molecule has 2 aromatic rings. The van der Waals surface area contributed by atoms with Gasteiger partial charge in [0.15, 0.2) is 0 Å². The van der Waals surface area contributed by atoms with Gasteiger partial charge in [-0.05, 0) is 42.0 Å². The van der Waals surface area contributed by atoms with Crippen LogP contribution in [-0.2, 0) is 14.8 Å². The second-order valence-electron chi connectivity index (χ2n) is 4.62. The fourth-order valence-electron chi connectivity index (χ4n) is 1.62. The van der Waals surface area contributed by atoms with Crippen LogP contribution < -0.4 is 10.1 Å². The molecule has 126 valence electrons. The first-order valence-electron chi connectivity index (χ1n) is 6.69. The third-order valence-electron chi connectivity index (χ3n) is 2.82. The summed E-state index contributed by atoms with van der Waals surface area (Å²) in [4.78, 5) is 11.6. The van der Waals surface area contributed by atoms with Crippen molar-refractivity contribution in [2.45, 2.75) is 4.90 Å². The van der Waals surface area contributed by atoms with E-state index in [1.165, 1.54) is 30.5 Å². The number of carbonyl (C=O) groups excluding carboxylic acids is 1. The Morgan fingerprint density at radius 3 is 2.12 bits per heavy atom. The average Bonchev–Trinajstić information content (AvgIpc) is 2.55. The molecule has 0 aromatic heterocycles. The monoisotopic (exact) mass is 385 g/mol. The van der Waals surface area contributed by atoms with E-state index in [2.05, 4.69) is 15.2 Å². The summed E-state index contributed by atoms with van der Waals surface area (Å²) in [5, 5.41) is 4.75. The van der Waals surface area contributed by atoms with Crippen LogP contribution in [0.25, 0.3) is 0 Å². The summed E-state index contributed by atoms with van der Waals surface area (Å²) in [7, 11) is -3.79. The third-order valence-corrected chi connectivity index (χ3v) is 4.74. The Morgan fingerprint density at radius 1 is 1.00 bits per heavy atom. The van der Waals surface area contributed by atoms with Crippen LogP contribution in [0.3, 0.4) is 0 Å². The first-order chi connectivity index (χ1) is 11.4. The Kier molecular flexibility index (Phi) is 6.33. The summed E-state index contributed by atoms with van der Waals surface area (Å²) >= 11 is 11.5. The Bertz CT molecular complexity index is 835. The van der Waals surface area contributed by atoms with Crippen LogP contribution in [0.5, 0.6) is 0 Å². The molecule has 2 N–H and O–H groups in total. The normalized spacial score (nSPS) is 11.6. The zero-order valence-electron chi connectivity index (χ0n) is 12.2. The number of hydrogen-bond acceptors (Lipinski definition) is 4. The maximum atomic E-state index is 12.0. The van der Waals surface area contributed by atoms with Crippen LogP contribution in [0.2, 0.25) is 10.0 Å². The smallest absolute Gasteiger partial charge is 0.255 e. The van der Waals surface area contributed by atoms with Gasteiger partial charge < -0.3 is 0 Å². The summed E-state index contributed by atoms with van der Waals surface area (Å²) < 4.78 is 26.2. The molecule has 0 aliphatic carbocycles. The fraction of sp³-hybridized carbons (Fsp3) is 0.0667. The number of nitrogens with one attached hydrogen (secondary N) is 2. The minimum absolute atomic E-state index is 0.0179. The number of rotatable bonds is 6. The summed E-state index contributed by atoms with van der Waals surface area (Å²) in [5.41, 5.74) is 2.97. The second kappa shape index (κ2) is 8.25. The van der Waals surface area contributed by atoms with Gasteiger partial charge in [0.25, 0.3) is 5.91 Å². The van der Waals surface area contributed by atoms with Crippen molar-refractivity contribution in [2.75, 3.05) is 6.54 Å². The molecule has 0 saturated carbocycles. The van der Waals surface area contributed by atoms with E-state index in [9.17, 15) is 13.2 Å². The number of hydrazone groups is 1. The largest absolute Gasteiger partial charge is 0.272 e. The molecule has 24 heavy (non-hydrogen) atoms. The van der Waals surface area contributed by atoms with Crippen LogP contribution >= 0.6 is 23.2 Å². The summed E-state index contributed by atoms with van der Waals surface area (Å²) in [6, 6.07) is 12.4. The molecule has 6 nitrogen and oxygen atoms in total. The molecular formula is C15H13Cl2N3O3S. The average molecular weight is 386 g/mol. The molecule has 0 heterocycles. The maximum Gasteiger partial charge on any atom is 0.255 e. The van der Waals surface area contributed by atoms with E-state index in [4.69, 9.17) is 23.2 Å². The lowest BCUT2D eigenvalue weighted by Gasteiger charge is -2.05. The standard InChI is InChI=1S/C15H13Cl2N3O3S/c16-12-3-1-11(2-4-12)9-18-20-15(21)10-19-24(22,23)14-7-5-13(17)6-8-14/h1-9,19H,10H2,(H,20,21)/b18-9+. The molecule has 2 rings (SSSR count). The highest BCUT2D eigenvalue weighted by atomic mass is 35.5. The molecule has 0 unspecified atom stereocenters. The van der Waals surface area contributed by atoms with Crippen molar-refractivity contribution in [3.05, 3.63) is 64.1 Å². The van der Waals surface area contributed by atoms with Crippen LogP contribution in [0, 0.1) is 0 Å². The molecule has 2 aromatic carbocycles. The van der Waals surface area contributed by atoms with Gasteiger partial charge in [-0.25, -0.2) is 18.6 Å². The molecule has 0 spiro atoms. The van der Waals surface area contributed by atoms with Crippen molar-refractivity contribution in [3.63, 3.8) is 0 Å². The van der Waals surface area contributed by atoms with Crippen molar-refractivity contribution in [1.29, 1.82) is 0 Å². The van der Waals surface area contributed by atoms with Crippen LogP contribution in [0.1, 0.15) is 5.56 Å². The van der Waals surface area contributed by atoms with Gasteiger partial charge in [-0.15, -0.1) is 0 Å². The van der Waals surface area contributed by atoms with E-state index in [-0.39, 0.29) is 4.90 Å². The predicted octanol–water partition coefficient (Wildman–Crippen LogP) is 2.42. The van der Waals surface area contributed by atoms with Gasteiger partial charge in [-0.1, -0.05) is 35.3 Å². The topological polar surface area (TPSA) is 87.6 Å². The summed E-state index contributed by atoms with van der Waals surface area (Å²) in [5.74, 6) is -0.599. The van der Waals surface area contributed by atoms with Gasteiger partial charge >= 0.3 is 0 Å². The van der Waals surface area contributed by atoms with E-state index in [0.717, 1.165) is 5.56 Å². The zero-order chi connectivity index (χ0) is 17.6. The zero-order valence-corrected chi connectivity index (χ0v) is 14.6. The van der Waals surface area contributed by atoms with Crippen LogP contribution in [0.4, 0.5) is 0 Å². The van der Waals surface area contributed by atoms with E-state index < -0.39 is 22.5 Å². The van der Waals surface area contributed by atoms with Crippen molar-refractivity contribution >= 4 is 45.3 Å². The lowest BCUT2D eigenvalue weighted by molar-refractivity contribution is -0.119. The van der Waals surface area contributed by atoms with Crippen molar-refractivity contribution < 1.29 is 13.2 Å².